The molecule has 0 spiro atoms. The molecule has 0 fully saturated rings. The molecule has 0 aliphatic carbocycles. The van der Waals surface area contributed by atoms with Gasteiger partial charge in [0.05, 0.1) is 11.8 Å². The van der Waals surface area contributed by atoms with Gasteiger partial charge in [0.1, 0.15) is 5.75 Å². The largest absolute Gasteiger partial charge is 0.507 e. The van der Waals surface area contributed by atoms with Crippen LogP contribution in [-0.4, -0.2) is 15.2 Å². The molecule has 90 valence electrons. The molecule has 0 radical (unpaired) electrons. The zero-order valence-corrected chi connectivity index (χ0v) is 11.2. The van der Waals surface area contributed by atoms with Crippen molar-refractivity contribution >= 4 is 22.6 Å². The maximum absolute atomic E-state index is 9.77. The van der Waals surface area contributed by atoms with Gasteiger partial charge in [0.25, 0.3) is 5.89 Å². The first-order valence-corrected chi connectivity index (χ1v) is 6.18. The molecule has 1 aromatic carbocycles. The lowest BCUT2D eigenvalue weighted by molar-refractivity contribution is 0.423. The van der Waals surface area contributed by atoms with Crippen molar-refractivity contribution < 1.29 is 14.0 Å². The van der Waals surface area contributed by atoms with Gasteiger partial charge in [0.15, 0.2) is 5.76 Å². The highest BCUT2D eigenvalue weighted by atomic mass is 127. The van der Waals surface area contributed by atoms with Gasteiger partial charge in [0.2, 0.25) is 5.82 Å². The molecule has 3 aromatic rings. The summed E-state index contributed by atoms with van der Waals surface area (Å²) in [6, 6.07) is 8.64. The summed E-state index contributed by atoms with van der Waals surface area (Å²) in [6.07, 6.45) is 1.54. The number of benzene rings is 1. The quantitative estimate of drug-likeness (QED) is 0.715. The smallest absolute Gasteiger partial charge is 0.262 e. The van der Waals surface area contributed by atoms with Crippen LogP contribution in [-0.2, 0) is 0 Å². The molecule has 2 aromatic heterocycles. The van der Waals surface area contributed by atoms with Crippen LogP contribution in [0.25, 0.3) is 23.0 Å². The molecule has 0 unspecified atom stereocenters. The predicted octanol–water partition coefficient (Wildman–Crippen LogP) is 3.31. The SMILES string of the molecule is Oc1ccc(I)cc1-c1nc(-c2ccco2)no1. The minimum atomic E-state index is 0.102. The Morgan fingerprint density at radius 2 is 2.11 bits per heavy atom. The standard InChI is InChI=1S/C12H7IN2O3/c13-7-3-4-9(16)8(6-7)12-14-11(15-18-12)10-2-1-5-17-10/h1-6,16H. The Morgan fingerprint density at radius 3 is 2.89 bits per heavy atom. The van der Waals surface area contributed by atoms with Crippen LogP contribution in [0.3, 0.4) is 0 Å². The summed E-state index contributed by atoms with van der Waals surface area (Å²) >= 11 is 2.15. The van der Waals surface area contributed by atoms with Gasteiger partial charge in [-0.15, -0.1) is 0 Å². The molecule has 0 bridgehead atoms. The molecule has 0 atom stereocenters. The molecule has 6 heteroatoms. The summed E-state index contributed by atoms with van der Waals surface area (Å²) in [5.41, 5.74) is 0.507. The van der Waals surface area contributed by atoms with Gasteiger partial charge in [0, 0.05) is 3.57 Å². The molecule has 0 amide bonds. The highest BCUT2D eigenvalue weighted by Gasteiger charge is 2.15. The highest BCUT2D eigenvalue weighted by molar-refractivity contribution is 14.1. The topological polar surface area (TPSA) is 72.3 Å². The average molecular weight is 354 g/mol. The Kier molecular flexibility index (Phi) is 2.78. The third-order valence-corrected chi connectivity index (χ3v) is 3.03. The monoisotopic (exact) mass is 354 g/mol. The zero-order valence-electron chi connectivity index (χ0n) is 9.00. The lowest BCUT2D eigenvalue weighted by atomic mass is 10.2. The fourth-order valence-electron chi connectivity index (χ4n) is 1.52. The number of nitrogens with zero attached hydrogens (tertiary/aromatic N) is 2. The van der Waals surface area contributed by atoms with Crippen molar-refractivity contribution in [1.82, 2.24) is 10.1 Å². The third-order valence-electron chi connectivity index (χ3n) is 2.36. The maximum Gasteiger partial charge on any atom is 0.262 e. The van der Waals surface area contributed by atoms with Gasteiger partial charge in [-0.1, -0.05) is 5.16 Å². The summed E-state index contributed by atoms with van der Waals surface area (Å²) in [6.45, 7) is 0. The van der Waals surface area contributed by atoms with E-state index in [4.69, 9.17) is 8.94 Å². The number of furan rings is 1. The second-order valence-electron chi connectivity index (χ2n) is 3.56. The second kappa shape index (κ2) is 4.45. The van der Waals surface area contributed by atoms with Crippen molar-refractivity contribution in [3.8, 4) is 28.8 Å². The van der Waals surface area contributed by atoms with Crippen LogP contribution in [0.5, 0.6) is 5.75 Å². The Morgan fingerprint density at radius 1 is 1.22 bits per heavy atom. The summed E-state index contributed by atoms with van der Waals surface area (Å²) in [5, 5.41) is 13.6. The molecule has 0 saturated carbocycles. The van der Waals surface area contributed by atoms with E-state index < -0.39 is 0 Å². The van der Waals surface area contributed by atoms with Gasteiger partial charge in [-0.3, -0.25) is 0 Å². The molecular weight excluding hydrogens is 347 g/mol. The van der Waals surface area contributed by atoms with Crippen molar-refractivity contribution in [2.75, 3.05) is 0 Å². The van der Waals surface area contributed by atoms with Gasteiger partial charge in [-0.25, -0.2) is 0 Å². The number of aromatic hydroxyl groups is 1. The minimum Gasteiger partial charge on any atom is -0.507 e. The van der Waals surface area contributed by atoms with E-state index in [2.05, 4.69) is 32.7 Å². The first kappa shape index (κ1) is 11.3. The maximum atomic E-state index is 9.77. The lowest BCUT2D eigenvalue weighted by Gasteiger charge is -1.98. The normalized spacial score (nSPS) is 10.7. The van der Waals surface area contributed by atoms with E-state index in [0.717, 1.165) is 3.57 Å². The second-order valence-corrected chi connectivity index (χ2v) is 4.81. The predicted molar refractivity (Wildman–Crippen MR) is 71.8 cm³/mol. The number of hydrogen-bond donors (Lipinski definition) is 1. The van der Waals surface area contributed by atoms with E-state index in [0.29, 0.717) is 17.1 Å². The molecule has 5 nitrogen and oxygen atoms in total. The number of aromatic nitrogens is 2. The molecule has 0 saturated heterocycles. The van der Waals surface area contributed by atoms with Gasteiger partial charge < -0.3 is 14.0 Å². The Labute approximate surface area is 116 Å². The molecule has 1 N–H and O–H groups in total. The van der Waals surface area contributed by atoms with Crippen molar-refractivity contribution in [3.05, 3.63) is 40.2 Å². The van der Waals surface area contributed by atoms with E-state index >= 15 is 0 Å². The molecule has 18 heavy (non-hydrogen) atoms. The van der Waals surface area contributed by atoms with Crippen LogP contribution >= 0.6 is 22.6 Å². The zero-order chi connectivity index (χ0) is 12.5. The van der Waals surface area contributed by atoms with Crippen LogP contribution < -0.4 is 0 Å². The molecule has 0 aliphatic heterocycles. The van der Waals surface area contributed by atoms with E-state index in [-0.39, 0.29) is 11.6 Å². The van der Waals surface area contributed by atoms with Crippen molar-refractivity contribution in [2.45, 2.75) is 0 Å². The third kappa shape index (κ3) is 1.99. The fraction of sp³-hybridized carbons (Fsp3) is 0. The van der Waals surface area contributed by atoms with E-state index in [1.54, 1.807) is 30.3 Å². The Balaban J connectivity index is 2.05. The first-order valence-electron chi connectivity index (χ1n) is 5.10. The van der Waals surface area contributed by atoms with E-state index in [1.807, 2.05) is 0 Å². The molecule has 2 heterocycles. The Hall–Kier alpha value is -1.83. The number of rotatable bonds is 2. The number of phenols is 1. The lowest BCUT2D eigenvalue weighted by Crippen LogP contribution is -1.81. The van der Waals surface area contributed by atoms with Crippen LogP contribution in [0.2, 0.25) is 0 Å². The van der Waals surface area contributed by atoms with Crippen LogP contribution in [0.4, 0.5) is 0 Å². The summed E-state index contributed by atoms with van der Waals surface area (Å²) in [4.78, 5) is 4.19. The Bertz CT molecular complexity index is 676. The number of phenolic OH excluding ortho intramolecular Hbond substituents is 1. The van der Waals surface area contributed by atoms with Crippen molar-refractivity contribution in [2.24, 2.45) is 0 Å². The first-order chi connectivity index (χ1) is 8.74. The molecule has 3 rings (SSSR count). The molecular formula is C12H7IN2O3. The number of halogens is 1. The van der Waals surface area contributed by atoms with E-state index in [1.165, 1.54) is 6.26 Å². The summed E-state index contributed by atoms with van der Waals surface area (Å²) in [5.74, 6) is 1.24. The van der Waals surface area contributed by atoms with Crippen molar-refractivity contribution in [1.29, 1.82) is 0 Å². The average Bonchev–Trinajstić information content (AvgIpc) is 3.00. The minimum absolute atomic E-state index is 0.102. The fourth-order valence-corrected chi connectivity index (χ4v) is 2.01. The van der Waals surface area contributed by atoms with Gasteiger partial charge >= 0.3 is 0 Å². The summed E-state index contributed by atoms with van der Waals surface area (Å²) in [7, 11) is 0. The van der Waals surface area contributed by atoms with Crippen LogP contribution in [0, 0.1) is 3.57 Å². The highest BCUT2D eigenvalue weighted by Crippen LogP contribution is 2.30. The van der Waals surface area contributed by atoms with Crippen molar-refractivity contribution in [3.63, 3.8) is 0 Å². The van der Waals surface area contributed by atoms with E-state index in [9.17, 15) is 5.11 Å². The molecule has 0 aliphatic rings. The number of hydrogen-bond acceptors (Lipinski definition) is 5. The van der Waals surface area contributed by atoms with Crippen LogP contribution in [0.1, 0.15) is 0 Å². The van der Waals surface area contributed by atoms with Gasteiger partial charge in [-0.2, -0.15) is 4.98 Å². The summed E-state index contributed by atoms with van der Waals surface area (Å²) < 4.78 is 11.3. The van der Waals surface area contributed by atoms with Crippen LogP contribution in [0.15, 0.2) is 45.5 Å². The van der Waals surface area contributed by atoms with Gasteiger partial charge in [-0.05, 0) is 52.9 Å².